The summed E-state index contributed by atoms with van der Waals surface area (Å²) in [6, 6.07) is 7.23. The molecule has 2 aromatic rings. The van der Waals surface area contributed by atoms with E-state index in [0.717, 1.165) is 42.3 Å². The van der Waals surface area contributed by atoms with Crippen LogP contribution in [-0.2, 0) is 17.8 Å². The zero-order chi connectivity index (χ0) is 17.1. The summed E-state index contributed by atoms with van der Waals surface area (Å²) in [5.41, 5.74) is 7.73. The Kier molecular flexibility index (Phi) is 6.56. The quantitative estimate of drug-likeness (QED) is 0.854. The molecule has 0 bridgehead atoms. The topological polar surface area (TPSA) is 85.8 Å². The number of rotatable bonds is 5. The highest BCUT2D eigenvalue weighted by molar-refractivity contribution is 5.95. The van der Waals surface area contributed by atoms with E-state index < -0.39 is 6.04 Å². The highest BCUT2D eigenvalue weighted by atomic mass is 35.5. The fourth-order valence-electron chi connectivity index (χ4n) is 2.96. The predicted molar refractivity (Wildman–Crippen MR) is 102 cm³/mol. The van der Waals surface area contributed by atoms with Crippen molar-refractivity contribution in [3.63, 3.8) is 0 Å². The maximum atomic E-state index is 12.2. The minimum atomic E-state index is -0.488. The summed E-state index contributed by atoms with van der Waals surface area (Å²) in [7, 11) is 0. The molecule has 1 aromatic carbocycles. The molecule has 0 spiro atoms. The summed E-state index contributed by atoms with van der Waals surface area (Å²) in [6.45, 7) is 4.99. The van der Waals surface area contributed by atoms with Crippen LogP contribution in [0.3, 0.4) is 0 Å². The van der Waals surface area contributed by atoms with Crippen molar-refractivity contribution in [2.75, 3.05) is 5.32 Å². The Bertz CT molecular complexity index is 713. The number of anilines is 1. The third-order valence-electron chi connectivity index (χ3n) is 4.83. The Morgan fingerprint density at radius 2 is 2.00 bits per heavy atom. The van der Waals surface area contributed by atoms with Gasteiger partial charge in [-0.25, -0.2) is 0 Å². The first kappa shape index (κ1) is 19.4. The maximum absolute atomic E-state index is 12.2. The van der Waals surface area contributed by atoms with E-state index in [2.05, 4.69) is 20.1 Å². The zero-order valence-electron chi connectivity index (χ0n) is 14.7. The number of amides is 1. The Morgan fingerprint density at radius 3 is 2.68 bits per heavy atom. The average Bonchev–Trinajstić information content (AvgIpc) is 3.05. The number of carbonyl (C=O) groups excluding carboxylic acids is 1. The van der Waals surface area contributed by atoms with E-state index in [1.807, 2.05) is 38.1 Å². The monoisotopic (exact) mass is 363 g/mol. The zero-order valence-corrected chi connectivity index (χ0v) is 15.6. The molecule has 3 N–H and O–H groups in total. The van der Waals surface area contributed by atoms with Gasteiger partial charge in [0.2, 0.25) is 5.91 Å². The highest BCUT2D eigenvalue weighted by Gasteiger charge is 2.20. The first-order valence-electron chi connectivity index (χ1n) is 8.69. The molecule has 0 radical (unpaired) electrons. The lowest BCUT2D eigenvalue weighted by Crippen LogP contribution is -2.40. The van der Waals surface area contributed by atoms with Crippen molar-refractivity contribution in [3.8, 4) is 11.4 Å². The van der Waals surface area contributed by atoms with E-state index in [1.54, 1.807) is 0 Å². The van der Waals surface area contributed by atoms with Gasteiger partial charge in [0.25, 0.3) is 0 Å². The second-order valence-corrected chi connectivity index (χ2v) is 6.53. The highest BCUT2D eigenvalue weighted by Crippen LogP contribution is 2.24. The molecule has 0 saturated carbocycles. The van der Waals surface area contributed by atoms with Crippen LogP contribution in [0.5, 0.6) is 0 Å². The normalized spacial score (nSPS) is 15.6. The second-order valence-electron chi connectivity index (χ2n) is 6.53. The summed E-state index contributed by atoms with van der Waals surface area (Å²) in [6.07, 6.45) is 4.22. The van der Waals surface area contributed by atoms with Gasteiger partial charge in [-0.3, -0.25) is 4.79 Å². The number of fused-ring (bicyclic) bond motifs is 1. The fourth-order valence-corrected chi connectivity index (χ4v) is 2.96. The van der Waals surface area contributed by atoms with E-state index in [9.17, 15) is 4.79 Å². The van der Waals surface area contributed by atoms with Gasteiger partial charge >= 0.3 is 0 Å². The number of halogens is 1. The number of aryl methyl sites for hydroxylation is 1. The number of hydrogen-bond donors (Lipinski definition) is 2. The molecule has 0 saturated heterocycles. The number of nitrogens with one attached hydrogen (secondary N) is 1. The molecule has 25 heavy (non-hydrogen) atoms. The van der Waals surface area contributed by atoms with Gasteiger partial charge in [0, 0.05) is 24.2 Å². The molecule has 0 fully saturated rings. The van der Waals surface area contributed by atoms with E-state index in [4.69, 9.17) is 5.73 Å². The van der Waals surface area contributed by atoms with Gasteiger partial charge in [-0.1, -0.05) is 20.3 Å². The van der Waals surface area contributed by atoms with Crippen molar-refractivity contribution in [1.29, 1.82) is 0 Å². The summed E-state index contributed by atoms with van der Waals surface area (Å²) >= 11 is 0. The van der Waals surface area contributed by atoms with E-state index >= 15 is 0 Å². The first-order valence-corrected chi connectivity index (χ1v) is 8.69. The Labute approximate surface area is 154 Å². The molecule has 6 nitrogen and oxygen atoms in total. The van der Waals surface area contributed by atoms with E-state index in [-0.39, 0.29) is 24.2 Å². The van der Waals surface area contributed by atoms with Crippen LogP contribution in [0, 0.1) is 5.92 Å². The lowest BCUT2D eigenvalue weighted by Gasteiger charge is -2.18. The molecule has 2 unspecified atom stereocenters. The smallest absolute Gasteiger partial charge is 0.241 e. The molecule has 1 aromatic heterocycles. The molecule has 1 aliphatic rings. The van der Waals surface area contributed by atoms with Crippen molar-refractivity contribution in [2.45, 2.75) is 52.1 Å². The van der Waals surface area contributed by atoms with Gasteiger partial charge < -0.3 is 15.6 Å². The van der Waals surface area contributed by atoms with E-state index in [1.165, 1.54) is 12.8 Å². The van der Waals surface area contributed by atoms with Gasteiger partial charge in [0.1, 0.15) is 5.82 Å². The first-order chi connectivity index (χ1) is 11.6. The van der Waals surface area contributed by atoms with Gasteiger partial charge in [-0.15, -0.1) is 22.6 Å². The molecule has 136 valence electrons. The number of nitrogens with two attached hydrogens (primary N) is 1. The molecule has 2 atom stereocenters. The van der Waals surface area contributed by atoms with Crippen LogP contribution in [0.1, 0.15) is 38.9 Å². The van der Waals surface area contributed by atoms with Crippen molar-refractivity contribution in [1.82, 2.24) is 14.8 Å². The molecule has 0 aliphatic carbocycles. The largest absolute Gasteiger partial charge is 0.325 e. The summed E-state index contributed by atoms with van der Waals surface area (Å²) in [5.74, 6) is 1.98. The summed E-state index contributed by atoms with van der Waals surface area (Å²) in [4.78, 5) is 12.2. The maximum Gasteiger partial charge on any atom is 0.241 e. The molecule has 3 rings (SSSR count). The number of hydrogen-bond acceptors (Lipinski definition) is 4. The van der Waals surface area contributed by atoms with Crippen LogP contribution >= 0.6 is 12.4 Å². The van der Waals surface area contributed by atoms with Crippen LogP contribution < -0.4 is 11.1 Å². The van der Waals surface area contributed by atoms with Crippen molar-refractivity contribution >= 4 is 24.0 Å². The number of nitrogens with zero attached hydrogens (tertiary/aromatic N) is 3. The van der Waals surface area contributed by atoms with Crippen molar-refractivity contribution in [2.24, 2.45) is 11.7 Å². The minimum Gasteiger partial charge on any atom is -0.325 e. The van der Waals surface area contributed by atoms with E-state index in [0.29, 0.717) is 0 Å². The van der Waals surface area contributed by atoms with Crippen molar-refractivity contribution < 1.29 is 4.79 Å². The molecule has 2 heterocycles. The van der Waals surface area contributed by atoms with Crippen LogP contribution in [0.25, 0.3) is 11.4 Å². The number of benzene rings is 1. The van der Waals surface area contributed by atoms with Gasteiger partial charge in [-0.05, 0) is 43.0 Å². The van der Waals surface area contributed by atoms with Gasteiger partial charge in [0.05, 0.1) is 6.04 Å². The summed E-state index contributed by atoms with van der Waals surface area (Å²) in [5, 5.41) is 11.5. The Morgan fingerprint density at radius 1 is 1.28 bits per heavy atom. The standard InChI is InChI=1S/C18H25N5O.ClH/c1-3-12(2)16(19)18(24)20-14-9-7-13(8-10-14)17-22-21-15-6-4-5-11-23(15)17;/h7-10,12,16H,3-6,11,19H2,1-2H3,(H,20,24);1H. The van der Waals surface area contributed by atoms with Crippen LogP contribution in [-0.4, -0.2) is 26.7 Å². The number of carbonyl (C=O) groups is 1. The van der Waals surface area contributed by atoms with Crippen LogP contribution in [0.2, 0.25) is 0 Å². The molecule has 1 amide bonds. The number of aromatic nitrogens is 3. The third-order valence-corrected chi connectivity index (χ3v) is 4.83. The molecule has 7 heteroatoms. The van der Waals surface area contributed by atoms with Crippen molar-refractivity contribution in [3.05, 3.63) is 30.1 Å². The minimum absolute atomic E-state index is 0. The average molecular weight is 364 g/mol. The van der Waals surface area contributed by atoms with Gasteiger partial charge in [-0.2, -0.15) is 0 Å². The molecular formula is C18H26ClN5O. The molecule has 1 aliphatic heterocycles. The Hall–Kier alpha value is -1.92. The summed E-state index contributed by atoms with van der Waals surface area (Å²) < 4.78 is 2.19. The van der Waals surface area contributed by atoms with Crippen LogP contribution in [0.4, 0.5) is 5.69 Å². The van der Waals surface area contributed by atoms with Gasteiger partial charge in [0.15, 0.2) is 5.82 Å². The Balaban J connectivity index is 0.00000225. The predicted octanol–water partition coefficient (Wildman–Crippen LogP) is 3.02. The van der Waals surface area contributed by atoms with Crippen LogP contribution in [0.15, 0.2) is 24.3 Å². The fraction of sp³-hybridized carbons (Fsp3) is 0.500. The SMILES string of the molecule is CCC(C)C(N)C(=O)Nc1ccc(-c2nnc3n2CCCC3)cc1.Cl. The third kappa shape index (κ3) is 4.19. The second kappa shape index (κ2) is 8.45. The lowest BCUT2D eigenvalue weighted by molar-refractivity contribution is -0.118. The lowest BCUT2D eigenvalue weighted by atomic mass is 9.99. The molecular weight excluding hydrogens is 338 g/mol.